The molecular weight excluding hydrogens is 220 g/mol. The summed E-state index contributed by atoms with van der Waals surface area (Å²) >= 11 is 6.26. The lowest BCUT2D eigenvalue weighted by Gasteiger charge is -2.11. The summed E-state index contributed by atoms with van der Waals surface area (Å²) < 4.78 is 2.25. The fraction of sp³-hybridized carbons (Fsp3) is 0.385. The average Bonchev–Trinajstić information content (AvgIpc) is 2.64. The van der Waals surface area contributed by atoms with E-state index < -0.39 is 0 Å². The van der Waals surface area contributed by atoms with Crippen molar-refractivity contribution in [2.75, 3.05) is 0 Å². The number of hydrogen-bond donors (Lipinski definition) is 1. The lowest BCUT2D eigenvalue weighted by Crippen LogP contribution is -1.99. The van der Waals surface area contributed by atoms with Crippen LogP contribution in [0.25, 0.3) is 10.9 Å². The summed E-state index contributed by atoms with van der Waals surface area (Å²) in [6.45, 7) is 6.97. The summed E-state index contributed by atoms with van der Waals surface area (Å²) in [6.07, 6.45) is 2.12. The van der Waals surface area contributed by atoms with E-state index in [0.29, 0.717) is 12.6 Å². The van der Waals surface area contributed by atoms with Crippen LogP contribution in [-0.2, 0) is 6.54 Å². The van der Waals surface area contributed by atoms with E-state index in [1.165, 1.54) is 11.1 Å². The van der Waals surface area contributed by atoms with Gasteiger partial charge in [-0.3, -0.25) is 0 Å². The molecule has 0 radical (unpaired) electrons. The summed E-state index contributed by atoms with van der Waals surface area (Å²) in [6, 6.07) is 4.42. The van der Waals surface area contributed by atoms with Crippen LogP contribution in [0.3, 0.4) is 0 Å². The summed E-state index contributed by atoms with van der Waals surface area (Å²) in [5, 5.41) is 1.90. The van der Waals surface area contributed by atoms with Crippen molar-refractivity contribution in [1.29, 1.82) is 0 Å². The number of rotatable bonds is 2. The first kappa shape index (κ1) is 11.5. The molecule has 16 heavy (non-hydrogen) atoms. The zero-order valence-corrected chi connectivity index (χ0v) is 10.7. The molecule has 0 aliphatic carbocycles. The minimum atomic E-state index is 0.417. The fourth-order valence-corrected chi connectivity index (χ4v) is 2.44. The third-order valence-corrected chi connectivity index (χ3v) is 3.29. The van der Waals surface area contributed by atoms with Crippen molar-refractivity contribution < 1.29 is 0 Å². The number of halogens is 1. The Morgan fingerprint density at radius 1 is 1.38 bits per heavy atom. The van der Waals surface area contributed by atoms with E-state index in [0.717, 1.165) is 16.0 Å². The molecule has 86 valence electrons. The maximum Gasteiger partial charge on any atom is 0.0530 e. The molecule has 0 unspecified atom stereocenters. The summed E-state index contributed by atoms with van der Waals surface area (Å²) in [5.74, 6) is 0. The fourth-order valence-electron chi connectivity index (χ4n) is 2.17. The van der Waals surface area contributed by atoms with Crippen LogP contribution in [0.1, 0.15) is 31.0 Å². The largest absolute Gasteiger partial charge is 0.344 e. The molecule has 2 rings (SSSR count). The lowest BCUT2D eigenvalue weighted by atomic mass is 10.1. The Labute approximate surface area is 101 Å². The SMILES string of the molecule is Cc1ccc(Cl)c2c(CN)cn(C(C)C)c12. The van der Waals surface area contributed by atoms with Gasteiger partial charge in [-0.15, -0.1) is 0 Å². The van der Waals surface area contributed by atoms with Crippen LogP contribution >= 0.6 is 11.6 Å². The third-order valence-electron chi connectivity index (χ3n) is 2.98. The predicted molar refractivity (Wildman–Crippen MR) is 70.0 cm³/mol. The molecule has 0 saturated carbocycles. The Kier molecular flexibility index (Phi) is 2.96. The molecule has 1 aromatic heterocycles. The van der Waals surface area contributed by atoms with Gasteiger partial charge in [0.15, 0.2) is 0 Å². The molecule has 2 aromatic rings. The molecule has 0 aliphatic heterocycles. The number of nitrogens with zero attached hydrogens (tertiary/aromatic N) is 1. The number of benzene rings is 1. The molecule has 0 fully saturated rings. The number of fused-ring (bicyclic) bond motifs is 1. The van der Waals surface area contributed by atoms with Crippen molar-refractivity contribution in [1.82, 2.24) is 4.57 Å². The van der Waals surface area contributed by atoms with Gasteiger partial charge in [-0.05, 0) is 38.0 Å². The second-order valence-electron chi connectivity index (χ2n) is 4.45. The topological polar surface area (TPSA) is 30.9 Å². The minimum absolute atomic E-state index is 0.417. The van der Waals surface area contributed by atoms with Crippen LogP contribution in [0.2, 0.25) is 5.02 Å². The number of nitrogens with two attached hydrogens (primary N) is 1. The van der Waals surface area contributed by atoms with E-state index in [2.05, 4.69) is 37.6 Å². The average molecular weight is 237 g/mol. The summed E-state index contributed by atoms with van der Waals surface area (Å²) in [5.41, 5.74) is 9.35. The maximum atomic E-state index is 6.26. The molecule has 2 nitrogen and oxygen atoms in total. The molecule has 0 spiro atoms. The Bertz CT molecular complexity index is 526. The van der Waals surface area contributed by atoms with E-state index in [9.17, 15) is 0 Å². The predicted octanol–water partition coefficient (Wildman–Crippen LogP) is 3.64. The second kappa shape index (κ2) is 4.11. The molecule has 1 heterocycles. The van der Waals surface area contributed by atoms with Crippen LogP contribution in [-0.4, -0.2) is 4.57 Å². The molecule has 0 saturated heterocycles. The first-order chi connectivity index (χ1) is 7.56. The van der Waals surface area contributed by atoms with Crippen LogP contribution in [0.15, 0.2) is 18.3 Å². The van der Waals surface area contributed by atoms with Gasteiger partial charge in [0.25, 0.3) is 0 Å². The molecular formula is C13H17ClN2. The van der Waals surface area contributed by atoms with Crippen molar-refractivity contribution in [2.45, 2.75) is 33.4 Å². The highest BCUT2D eigenvalue weighted by atomic mass is 35.5. The zero-order chi connectivity index (χ0) is 11.9. The van der Waals surface area contributed by atoms with Crippen LogP contribution in [0.5, 0.6) is 0 Å². The highest BCUT2D eigenvalue weighted by Gasteiger charge is 2.14. The van der Waals surface area contributed by atoms with Gasteiger partial charge in [0.2, 0.25) is 0 Å². The van der Waals surface area contributed by atoms with Gasteiger partial charge in [-0.1, -0.05) is 17.7 Å². The van der Waals surface area contributed by atoms with Crippen LogP contribution < -0.4 is 5.73 Å². The van der Waals surface area contributed by atoms with E-state index in [1.54, 1.807) is 0 Å². The number of aromatic nitrogens is 1. The van der Waals surface area contributed by atoms with Gasteiger partial charge >= 0.3 is 0 Å². The first-order valence-electron chi connectivity index (χ1n) is 5.54. The van der Waals surface area contributed by atoms with E-state index in [-0.39, 0.29) is 0 Å². The smallest absolute Gasteiger partial charge is 0.0530 e. The normalized spacial score (nSPS) is 11.6. The van der Waals surface area contributed by atoms with Gasteiger partial charge in [0, 0.05) is 24.2 Å². The van der Waals surface area contributed by atoms with Gasteiger partial charge < -0.3 is 10.3 Å². The Hall–Kier alpha value is -0.990. The summed E-state index contributed by atoms with van der Waals surface area (Å²) in [7, 11) is 0. The first-order valence-corrected chi connectivity index (χ1v) is 5.92. The van der Waals surface area contributed by atoms with E-state index >= 15 is 0 Å². The minimum Gasteiger partial charge on any atom is -0.344 e. The lowest BCUT2D eigenvalue weighted by molar-refractivity contribution is 0.620. The molecule has 0 amide bonds. The monoisotopic (exact) mass is 236 g/mol. The van der Waals surface area contributed by atoms with Crippen LogP contribution in [0, 0.1) is 6.92 Å². The Balaban J connectivity index is 2.89. The molecule has 0 atom stereocenters. The van der Waals surface area contributed by atoms with Crippen molar-refractivity contribution in [3.05, 3.63) is 34.5 Å². The summed E-state index contributed by atoms with van der Waals surface area (Å²) in [4.78, 5) is 0. The molecule has 0 aliphatic rings. The van der Waals surface area contributed by atoms with Crippen molar-refractivity contribution in [3.8, 4) is 0 Å². The Morgan fingerprint density at radius 2 is 2.06 bits per heavy atom. The molecule has 2 N–H and O–H groups in total. The maximum absolute atomic E-state index is 6.26. The molecule has 3 heteroatoms. The highest BCUT2D eigenvalue weighted by Crippen LogP contribution is 2.32. The Morgan fingerprint density at radius 3 is 2.62 bits per heavy atom. The third kappa shape index (κ3) is 1.62. The van der Waals surface area contributed by atoms with Crippen molar-refractivity contribution in [3.63, 3.8) is 0 Å². The molecule has 0 bridgehead atoms. The van der Waals surface area contributed by atoms with E-state index in [1.807, 2.05) is 6.07 Å². The van der Waals surface area contributed by atoms with Gasteiger partial charge in [0.05, 0.1) is 10.5 Å². The van der Waals surface area contributed by atoms with Crippen LogP contribution in [0.4, 0.5) is 0 Å². The van der Waals surface area contributed by atoms with E-state index in [4.69, 9.17) is 17.3 Å². The standard InChI is InChI=1S/C13H17ClN2/c1-8(2)16-7-10(6-15)12-11(14)5-4-9(3)13(12)16/h4-5,7-8H,6,15H2,1-3H3. The quantitative estimate of drug-likeness (QED) is 0.848. The van der Waals surface area contributed by atoms with Gasteiger partial charge in [-0.25, -0.2) is 0 Å². The number of hydrogen-bond acceptors (Lipinski definition) is 1. The molecule has 1 aromatic carbocycles. The zero-order valence-electron chi connectivity index (χ0n) is 9.92. The highest BCUT2D eigenvalue weighted by molar-refractivity contribution is 6.35. The van der Waals surface area contributed by atoms with Crippen molar-refractivity contribution in [2.24, 2.45) is 5.73 Å². The van der Waals surface area contributed by atoms with Gasteiger partial charge in [-0.2, -0.15) is 0 Å². The van der Waals surface area contributed by atoms with Crippen molar-refractivity contribution >= 4 is 22.5 Å². The number of aryl methyl sites for hydroxylation is 1. The van der Waals surface area contributed by atoms with Gasteiger partial charge in [0.1, 0.15) is 0 Å². The second-order valence-corrected chi connectivity index (χ2v) is 4.85.